The molecule has 11 heteroatoms. The minimum Gasteiger partial charge on any atom is -0.487 e. The Hall–Kier alpha value is -3.31. The number of halogens is 4. The molecule has 0 radical (unpaired) electrons. The first-order chi connectivity index (χ1) is 18.2. The number of amides is 1. The maximum atomic E-state index is 13.6. The summed E-state index contributed by atoms with van der Waals surface area (Å²) in [6.07, 6.45) is 2.77. The summed E-state index contributed by atoms with van der Waals surface area (Å²) in [7, 11) is -2.02. The molecule has 0 N–H and O–H groups in total. The van der Waals surface area contributed by atoms with Crippen molar-refractivity contribution in [2.24, 2.45) is 0 Å². The van der Waals surface area contributed by atoms with Crippen LogP contribution in [-0.4, -0.2) is 40.6 Å². The topological polar surface area (TPSA) is 57.2 Å². The second kappa shape index (κ2) is 13.7. The molecule has 2 aromatic carbocycles. The number of benzene rings is 2. The Kier molecular flexibility index (Phi) is 11.2. The van der Waals surface area contributed by atoms with E-state index in [0.29, 0.717) is 0 Å². The molecule has 39 heavy (non-hydrogen) atoms. The van der Waals surface area contributed by atoms with Gasteiger partial charge in [-0.3, -0.25) is 4.79 Å². The van der Waals surface area contributed by atoms with E-state index in [9.17, 15) is 22.4 Å². The largest absolute Gasteiger partial charge is 0.487 e. The summed E-state index contributed by atoms with van der Waals surface area (Å²) >= 11 is 0. The van der Waals surface area contributed by atoms with Gasteiger partial charge in [0.1, 0.15) is 12.4 Å². The molecule has 0 atom stereocenters. The van der Waals surface area contributed by atoms with Gasteiger partial charge in [-0.25, -0.2) is 8.78 Å². The summed E-state index contributed by atoms with van der Waals surface area (Å²) in [5.41, 5.74) is 0.189. The van der Waals surface area contributed by atoms with E-state index in [1.165, 1.54) is 48.2 Å². The first-order valence-electron chi connectivity index (χ1n) is 12.3. The summed E-state index contributed by atoms with van der Waals surface area (Å²) < 4.78 is 75.2. The second-order valence-corrected chi connectivity index (χ2v) is 14.8. The van der Waals surface area contributed by atoms with E-state index in [0.717, 1.165) is 12.1 Å². The highest BCUT2D eigenvalue weighted by Crippen LogP contribution is 2.37. The van der Waals surface area contributed by atoms with Gasteiger partial charge in [-0.1, -0.05) is 26.8 Å². The van der Waals surface area contributed by atoms with Crippen molar-refractivity contribution in [3.8, 4) is 17.2 Å². The lowest BCUT2D eigenvalue weighted by Gasteiger charge is -2.36. The van der Waals surface area contributed by atoms with E-state index in [4.69, 9.17) is 13.9 Å². The Morgan fingerprint density at radius 2 is 1.74 bits per heavy atom. The highest BCUT2D eigenvalue weighted by atomic mass is 28.4. The third-order valence-corrected chi connectivity index (χ3v) is 10.8. The van der Waals surface area contributed by atoms with Crippen molar-refractivity contribution >= 4 is 19.9 Å². The number of allylic oxidation sites excluding steroid dienone is 1. The molecule has 6 nitrogen and oxygen atoms in total. The number of rotatable bonds is 13. The Morgan fingerprint density at radius 3 is 2.31 bits per heavy atom. The Morgan fingerprint density at radius 1 is 1.05 bits per heavy atom. The lowest BCUT2D eigenvalue weighted by molar-refractivity contribution is -0.117. The second-order valence-electron chi connectivity index (χ2n) is 10.0. The molecule has 0 heterocycles. The van der Waals surface area contributed by atoms with E-state index in [1.54, 1.807) is 0 Å². The van der Waals surface area contributed by atoms with Crippen LogP contribution >= 0.6 is 0 Å². The fourth-order valence-corrected chi connectivity index (χ4v) is 4.12. The maximum Gasteiger partial charge on any atom is 0.387 e. The molecule has 0 aliphatic carbocycles. The molecule has 214 valence electrons. The maximum absolute atomic E-state index is 13.6. The number of nitrogens with zero attached hydrogens (tertiary/aromatic N) is 1. The molecule has 1 amide bonds. The van der Waals surface area contributed by atoms with Crippen molar-refractivity contribution in [2.75, 3.05) is 24.7 Å². The van der Waals surface area contributed by atoms with Gasteiger partial charge in [-0.15, -0.1) is 6.58 Å². The monoisotopic (exact) mass is 569 g/mol. The van der Waals surface area contributed by atoms with Crippen molar-refractivity contribution in [1.29, 1.82) is 0 Å². The van der Waals surface area contributed by atoms with Crippen LogP contribution in [-0.2, 0) is 9.22 Å². The van der Waals surface area contributed by atoms with Crippen LogP contribution in [0.3, 0.4) is 0 Å². The average Bonchev–Trinajstić information content (AvgIpc) is 2.85. The van der Waals surface area contributed by atoms with Crippen LogP contribution in [0.15, 0.2) is 60.9 Å². The predicted molar refractivity (Wildman–Crippen MR) is 145 cm³/mol. The van der Waals surface area contributed by atoms with Crippen molar-refractivity contribution in [2.45, 2.75) is 52.4 Å². The molecule has 0 spiro atoms. The van der Waals surface area contributed by atoms with Gasteiger partial charge in [0.2, 0.25) is 0 Å². The Balaban J connectivity index is 2.27. The van der Waals surface area contributed by atoms with Gasteiger partial charge >= 0.3 is 6.61 Å². The summed E-state index contributed by atoms with van der Waals surface area (Å²) in [5, 5.41) is 0.000110. The summed E-state index contributed by atoms with van der Waals surface area (Å²) in [6, 6.07) is 6.99. The fraction of sp³-hybridized carbons (Fsp3) is 0.393. The van der Waals surface area contributed by atoms with E-state index in [1.807, 2.05) is 0 Å². The molecule has 0 fully saturated rings. The quantitative estimate of drug-likeness (QED) is 0.0626. The zero-order valence-corrected chi connectivity index (χ0v) is 24.0. The SMILES string of the molecule is C=CCN(C(=O)/C(=C/C)Oc1ccc(F)c(F)c1)c1ccc(OCCO[Si](C)(C)C(C)(C)C)c(OC(F)F)c1. The zero-order chi connectivity index (χ0) is 29.4. The Labute approximate surface area is 227 Å². The van der Waals surface area contributed by atoms with Crippen LogP contribution in [0.1, 0.15) is 27.7 Å². The van der Waals surface area contributed by atoms with Crippen molar-refractivity contribution in [3.05, 3.63) is 72.5 Å². The molecule has 0 aliphatic rings. The molecule has 0 aliphatic heterocycles. The lowest BCUT2D eigenvalue weighted by atomic mass is 10.2. The van der Waals surface area contributed by atoms with Gasteiger partial charge in [0, 0.05) is 24.4 Å². The minimum atomic E-state index is -3.14. The predicted octanol–water partition coefficient (Wildman–Crippen LogP) is 7.47. The minimum absolute atomic E-state index is 0.000110. The van der Waals surface area contributed by atoms with E-state index in [2.05, 4.69) is 45.2 Å². The third-order valence-electron chi connectivity index (χ3n) is 6.21. The highest BCUT2D eigenvalue weighted by molar-refractivity contribution is 6.74. The average molecular weight is 570 g/mol. The van der Waals surface area contributed by atoms with Crippen LogP contribution < -0.4 is 19.1 Å². The van der Waals surface area contributed by atoms with Crippen LogP contribution in [0.4, 0.5) is 23.2 Å². The molecule has 0 aromatic heterocycles. The molecule has 0 unspecified atom stereocenters. The first-order valence-corrected chi connectivity index (χ1v) is 15.2. The standard InChI is InChI=1S/C28H35F4NO5Si/c1-8-14-33(26(34)23(9-2)37-20-11-12-21(29)22(30)18-20)19-10-13-24(25(17-19)38-27(31)32)35-15-16-36-39(6,7)28(3,4)5/h8-13,17-18,27H,1,14-16H2,2-7H3/b23-9-. The van der Waals surface area contributed by atoms with Crippen LogP contribution in [0, 0.1) is 11.6 Å². The molecule has 2 rings (SSSR count). The molecular formula is C28H35F4NO5Si. The van der Waals surface area contributed by atoms with E-state index < -0.39 is 32.5 Å². The van der Waals surface area contributed by atoms with Crippen molar-refractivity contribution in [3.63, 3.8) is 0 Å². The molecular weight excluding hydrogens is 534 g/mol. The summed E-state index contributed by atoms with van der Waals surface area (Å²) in [6.45, 7) is 12.9. The van der Waals surface area contributed by atoms with Gasteiger partial charge in [-0.05, 0) is 55.4 Å². The van der Waals surface area contributed by atoms with Crippen LogP contribution in [0.25, 0.3) is 0 Å². The van der Waals surface area contributed by atoms with Gasteiger partial charge < -0.3 is 23.5 Å². The number of alkyl halides is 2. The summed E-state index contributed by atoms with van der Waals surface area (Å²) in [4.78, 5) is 14.5. The summed E-state index contributed by atoms with van der Waals surface area (Å²) in [5.74, 6) is -3.42. The normalized spacial score (nSPS) is 12.3. The van der Waals surface area contributed by atoms with Gasteiger partial charge in [0.25, 0.3) is 5.91 Å². The van der Waals surface area contributed by atoms with E-state index >= 15 is 0 Å². The van der Waals surface area contributed by atoms with Crippen molar-refractivity contribution < 1.29 is 41.0 Å². The number of ether oxygens (including phenoxy) is 3. The van der Waals surface area contributed by atoms with Gasteiger partial charge in [0.05, 0.1) is 6.61 Å². The van der Waals surface area contributed by atoms with Gasteiger partial charge in [0.15, 0.2) is 37.2 Å². The number of anilines is 1. The smallest absolute Gasteiger partial charge is 0.387 e. The molecule has 2 aromatic rings. The number of hydrogen-bond donors (Lipinski definition) is 0. The molecule has 0 bridgehead atoms. The van der Waals surface area contributed by atoms with Crippen LogP contribution in [0.2, 0.25) is 18.1 Å². The van der Waals surface area contributed by atoms with E-state index in [-0.39, 0.29) is 53.5 Å². The third kappa shape index (κ3) is 8.86. The Bertz CT molecular complexity index is 1180. The first kappa shape index (κ1) is 31.9. The highest BCUT2D eigenvalue weighted by Gasteiger charge is 2.37. The van der Waals surface area contributed by atoms with Crippen molar-refractivity contribution in [1.82, 2.24) is 0 Å². The molecule has 0 saturated heterocycles. The van der Waals surface area contributed by atoms with Gasteiger partial charge in [-0.2, -0.15) is 8.78 Å². The number of carbonyl (C=O) groups is 1. The molecule has 0 saturated carbocycles. The van der Waals surface area contributed by atoms with Crippen LogP contribution in [0.5, 0.6) is 17.2 Å². The zero-order valence-electron chi connectivity index (χ0n) is 23.0. The number of carbonyl (C=O) groups excluding carboxylic acids is 1. The lowest BCUT2D eigenvalue weighted by Crippen LogP contribution is -2.41. The fourth-order valence-electron chi connectivity index (χ4n) is 3.10. The number of hydrogen-bond acceptors (Lipinski definition) is 5.